The molecule has 1 aromatic rings. The molecular weight excluding hydrogens is 306 g/mol. The molecule has 1 saturated heterocycles. The summed E-state index contributed by atoms with van der Waals surface area (Å²) in [5.74, 6) is 1.01. The van der Waals surface area contributed by atoms with Crippen molar-refractivity contribution in [3.63, 3.8) is 0 Å². The highest BCUT2D eigenvalue weighted by Crippen LogP contribution is 2.27. The number of nitrogens with one attached hydrogen (secondary N) is 1. The van der Waals surface area contributed by atoms with Crippen molar-refractivity contribution in [3.05, 3.63) is 23.2 Å². The number of hydrogen-bond donors (Lipinski definition) is 2. The van der Waals surface area contributed by atoms with Crippen molar-refractivity contribution in [2.24, 2.45) is 0 Å². The van der Waals surface area contributed by atoms with Crippen LogP contribution in [-0.2, 0) is 4.79 Å². The molecule has 1 heterocycles. The Bertz CT molecular complexity index is 526. The Morgan fingerprint density at radius 2 is 2.24 bits per heavy atom. The van der Waals surface area contributed by atoms with Crippen LogP contribution in [0.3, 0.4) is 0 Å². The Morgan fingerprint density at radius 3 is 2.95 bits per heavy atom. The van der Waals surface area contributed by atoms with Crippen molar-refractivity contribution in [2.75, 3.05) is 23.3 Å². The monoisotopic (exact) mass is 327 g/mol. The molecular formula is C15H22ClN3OS. The van der Waals surface area contributed by atoms with Crippen LogP contribution in [0.15, 0.2) is 18.2 Å². The number of carbonyl (C=O) groups is 1. The van der Waals surface area contributed by atoms with E-state index in [1.54, 1.807) is 18.2 Å². The largest absolute Gasteiger partial charge is 0.397 e. The SMILES string of the molecule is CC1SCCN(C(C)C(=O)Nc2cc(Cl)ccc2N)C1C. The van der Waals surface area contributed by atoms with Crippen LogP contribution >= 0.6 is 23.4 Å². The van der Waals surface area contributed by atoms with E-state index in [9.17, 15) is 4.79 Å². The standard InChI is InChI=1S/C15H22ClN3OS/c1-9-11(3)21-7-6-19(9)10(2)15(20)18-14-8-12(16)4-5-13(14)17/h4-5,8-11H,6-7,17H2,1-3H3,(H,18,20). The fourth-order valence-corrected chi connectivity index (χ4v) is 3.82. The topological polar surface area (TPSA) is 58.4 Å². The minimum atomic E-state index is -0.193. The van der Waals surface area contributed by atoms with Gasteiger partial charge in [0.25, 0.3) is 0 Å². The van der Waals surface area contributed by atoms with Gasteiger partial charge in [-0.1, -0.05) is 18.5 Å². The van der Waals surface area contributed by atoms with Crippen LogP contribution in [0, 0.1) is 0 Å². The average molecular weight is 328 g/mol. The van der Waals surface area contributed by atoms with E-state index in [2.05, 4.69) is 24.1 Å². The number of anilines is 2. The molecule has 3 N–H and O–H groups in total. The lowest BCUT2D eigenvalue weighted by Gasteiger charge is -2.40. The summed E-state index contributed by atoms with van der Waals surface area (Å²) in [6.07, 6.45) is 0. The van der Waals surface area contributed by atoms with Gasteiger partial charge in [0.1, 0.15) is 0 Å². The number of nitrogen functional groups attached to an aromatic ring is 1. The van der Waals surface area contributed by atoms with Crippen LogP contribution in [0.25, 0.3) is 0 Å². The Morgan fingerprint density at radius 1 is 1.52 bits per heavy atom. The van der Waals surface area contributed by atoms with Gasteiger partial charge in [0, 0.05) is 28.6 Å². The number of rotatable bonds is 3. The first-order valence-corrected chi connectivity index (χ1v) is 8.56. The van der Waals surface area contributed by atoms with E-state index < -0.39 is 0 Å². The van der Waals surface area contributed by atoms with E-state index in [1.165, 1.54) is 0 Å². The summed E-state index contributed by atoms with van der Waals surface area (Å²) in [6, 6.07) is 5.27. The van der Waals surface area contributed by atoms with E-state index >= 15 is 0 Å². The predicted molar refractivity (Wildman–Crippen MR) is 92.0 cm³/mol. The molecule has 4 nitrogen and oxygen atoms in total. The van der Waals surface area contributed by atoms with Crippen LogP contribution in [0.2, 0.25) is 5.02 Å². The molecule has 3 atom stereocenters. The lowest BCUT2D eigenvalue weighted by Crippen LogP contribution is -2.53. The van der Waals surface area contributed by atoms with Crippen molar-refractivity contribution in [2.45, 2.75) is 38.1 Å². The minimum Gasteiger partial charge on any atom is -0.397 e. The third-order valence-corrected chi connectivity index (χ3v) is 5.66. The van der Waals surface area contributed by atoms with E-state index in [0.29, 0.717) is 27.7 Å². The maximum absolute atomic E-state index is 12.5. The predicted octanol–water partition coefficient (Wildman–Crippen LogP) is 3.08. The molecule has 0 aromatic heterocycles. The van der Waals surface area contributed by atoms with E-state index in [4.69, 9.17) is 17.3 Å². The number of thioether (sulfide) groups is 1. The summed E-state index contributed by atoms with van der Waals surface area (Å²) in [4.78, 5) is 14.7. The summed E-state index contributed by atoms with van der Waals surface area (Å²) in [5, 5.41) is 3.98. The maximum Gasteiger partial charge on any atom is 0.241 e. The van der Waals surface area contributed by atoms with E-state index in [1.807, 2.05) is 18.7 Å². The van der Waals surface area contributed by atoms with Gasteiger partial charge in [-0.3, -0.25) is 9.69 Å². The number of nitrogens with two attached hydrogens (primary N) is 1. The van der Waals surface area contributed by atoms with Gasteiger partial charge >= 0.3 is 0 Å². The van der Waals surface area contributed by atoms with Crippen molar-refractivity contribution in [1.82, 2.24) is 4.90 Å². The molecule has 116 valence electrons. The third kappa shape index (κ3) is 3.84. The molecule has 0 bridgehead atoms. The molecule has 1 fully saturated rings. The molecule has 2 rings (SSSR count). The summed E-state index contributed by atoms with van der Waals surface area (Å²) in [6.45, 7) is 7.25. The van der Waals surface area contributed by atoms with Gasteiger partial charge in [0.15, 0.2) is 0 Å². The lowest BCUT2D eigenvalue weighted by molar-refractivity contribution is -0.121. The average Bonchev–Trinajstić information content (AvgIpc) is 2.45. The van der Waals surface area contributed by atoms with Gasteiger partial charge in [-0.05, 0) is 32.0 Å². The van der Waals surface area contributed by atoms with Crippen LogP contribution in [-0.4, -0.2) is 40.4 Å². The minimum absolute atomic E-state index is 0.0464. The molecule has 3 unspecified atom stereocenters. The van der Waals surface area contributed by atoms with Crippen LogP contribution < -0.4 is 11.1 Å². The number of hydrogen-bond acceptors (Lipinski definition) is 4. The molecule has 0 spiro atoms. The molecule has 1 amide bonds. The number of nitrogens with zero attached hydrogens (tertiary/aromatic N) is 1. The second kappa shape index (κ2) is 6.90. The first-order chi connectivity index (χ1) is 9.90. The van der Waals surface area contributed by atoms with Gasteiger partial charge in [0.2, 0.25) is 5.91 Å². The zero-order chi connectivity index (χ0) is 15.6. The molecule has 1 aliphatic heterocycles. The van der Waals surface area contributed by atoms with E-state index in [-0.39, 0.29) is 11.9 Å². The highest BCUT2D eigenvalue weighted by molar-refractivity contribution is 8.00. The van der Waals surface area contributed by atoms with Crippen LogP contribution in [0.1, 0.15) is 20.8 Å². The highest BCUT2D eigenvalue weighted by Gasteiger charge is 2.31. The lowest BCUT2D eigenvalue weighted by atomic mass is 10.1. The zero-order valence-electron chi connectivity index (χ0n) is 12.6. The Kier molecular flexibility index (Phi) is 5.41. The second-order valence-electron chi connectivity index (χ2n) is 5.45. The summed E-state index contributed by atoms with van der Waals surface area (Å²) >= 11 is 7.91. The van der Waals surface area contributed by atoms with Gasteiger partial charge in [-0.25, -0.2) is 0 Å². The molecule has 1 aliphatic rings. The highest BCUT2D eigenvalue weighted by atomic mass is 35.5. The van der Waals surface area contributed by atoms with Crippen molar-refractivity contribution < 1.29 is 4.79 Å². The van der Waals surface area contributed by atoms with Crippen molar-refractivity contribution in [1.29, 1.82) is 0 Å². The van der Waals surface area contributed by atoms with Crippen LogP contribution in [0.5, 0.6) is 0 Å². The Labute approximate surface area is 135 Å². The first-order valence-electron chi connectivity index (χ1n) is 7.13. The quantitative estimate of drug-likeness (QED) is 0.838. The number of carbonyl (C=O) groups excluding carboxylic acids is 1. The molecule has 0 saturated carbocycles. The fraction of sp³-hybridized carbons (Fsp3) is 0.533. The maximum atomic E-state index is 12.5. The first kappa shape index (κ1) is 16.5. The molecule has 0 aliphatic carbocycles. The number of amides is 1. The Hall–Kier alpha value is -0.910. The molecule has 21 heavy (non-hydrogen) atoms. The van der Waals surface area contributed by atoms with Crippen molar-refractivity contribution >= 4 is 40.6 Å². The smallest absolute Gasteiger partial charge is 0.241 e. The summed E-state index contributed by atoms with van der Waals surface area (Å²) < 4.78 is 0. The van der Waals surface area contributed by atoms with Gasteiger partial charge in [-0.15, -0.1) is 0 Å². The molecule has 0 radical (unpaired) electrons. The van der Waals surface area contributed by atoms with Gasteiger partial charge < -0.3 is 11.1 Å². The second-order valence-corrected chi connectivity index (χ2v) is 7.37. The third-order valence-electron chi connectivity index (χ3n) is 4.08. The summed E-state index contributed by atoms with van der Waals surface area (Å²) in [7, 11) is 0. The van der Waals surface area contributed by atoms with Gasteiger partial charge in [0.05, 0.1) is 17.4 Å². The fourth-order valence-electron chi connectivity index (χ4n) is 2.53. The zero-order valence-corrected chi connectivity index (χ0v) is 14.2. The summed E-state index contributed by atoms with van der Waals surface area (Å²) in [5.41, 5.74) is 6.97. The molecule has 1 aromatic carbocycles. The number of benzene rings is 1. The number of halogens is 1. The van der Waals surface area contributed by atoms with Gasteiger partial charge in [-0.2, -0.15) is 11.8 Å². The Balaban J connectivity index is 2.07. The normalized spacial score (nSPS) is 24.6. The molecule has 6 heteroatoms. The van der Waals surface area contributed by atoms with Crippen molar-refractivity contribution in [3.8, 4) is 0 Å². The van der Waals surface area contributed by atoms with E-state index in [0.717, 1.165) is 12.3 Å². The van der Waals surface area contributed by atoms with Crippen LogP contribution in [0.4, 0.5) is 11.4 Å².